The molecule has 0 spiro atoms. The van der Waals surface area contributed by atoms with E-state index in [9.17, 15) is 0 Å². The van der Waals surface area contributed by atoms with Crippen LogP contribution in [0.15, 0.2) is 52.3 Å². The van der Waals surface area contributed by atoms with Crippen LogP contribution in [0, 0.1) is 0 Å². The Labute approximate surface area is 152 Å². The molecule has 0 saturated carbocycles. The number of rotatable bonds is 5. The molecule has 3 heterocycles. The summed E-state index contributed by atoms with van der Waals surface area (Å²) in [4.78, 5) is 5.45. The van der Waals surface area contributed by atoms with Gasteiger partial charge < -0.3 is 19.4 Å². The Morgan fingerprint density at radius 1 is 1.16 bits per heavy atom. The first-order valence-corrected chi connectivity index (χ1v) is 8.15. The van der Waals surface area contributed by atoms with Crippen molar-refractivity contribution in [3.8, 4) is 5.88 Å². The molecule has 2 aromatic rings. The molecule has 0 saturated heterocycles. The number of halogens is 1. The van der Waals surface area contributed by atoms with E-state index in [4.69, 9.17) is 14.1 Å². The Bertz CT molecular complexity index is 741. The van der Waals surface area contributed by atoms with Gasteiger partial charge in [0.1, 0.15) is 12.9 Å². The van der Waals surface area contributed by atoms with Gasteiger partial charge in [-0.05, 0) is 34.8 Å². The molecule has 2 aliphatic heterocycles. The Morgan fingerprint density at radius 2 is 2.00 bits per heavy atom. The average molecular weight is 362 g/mol. The van der Waals surface area contributed by atoms with Gasteiger partial charge in [0.2, 0.25) is 0 Å². The molecule has 2 aliphatic rings. The summed E-state index contributed by atoms with van der Waals surface area (Å²) in [5.74, 6) is 0.464. The summed E-state index contributed by atoms with van der Waals surface area (Å²) in [5, 5.41) is 11.2. The molecule has 1 aromatic carbocycles. The van der Waals surface area contributed by atoms with Crippen molar-refractivity contribution in [1.29, 1.82) is 0 Å². The monoisotopic (exact) mass is 361 g/mol. The first-order valence-electron chi connectivity index (χ1n) is 8.15. The Morgan fingerprint density at radius 3 is 2.72 bits per heavy atom. The van der Waals surface area contributed by atoms with Gasteiger partial charge in [-0.1, -0.05) is 35.5 Å². The van der Waals surface area contributed by atoms with Crippen LogP contribution in [-0.2, 0) is 4.84 Å². The largest absolute Gasteiger partial charge is 0.471 e. The lowest BCUT2D eigenvalue weighted by Crippen LogP contribution is -2.20. The second kappa shape index (κ2) is 8.18. The summed E-state index contributed by atoms with van der Waals surface area (Å²) in [7, 11) is 0. The van der Waals surface area contributed by atoms with Crippen molar-refractivity contribution < 1.29 is 14.1 Å². The van der Waals surface area contributed by atoms with E-state index in [0.29, 0.717) is 12.5 Å². The summed E-state index contributed by atoms with van der Waals surface area (Å²) in [5.41, 5.74) is 4.74. The SMILES string of the molecule is C1=C(c2ccc(C3=NOC(COc4ccon4)C3)cc2)CCNC1.Cl. The minimum Gasteiger partial charge on any atom is -0.471 e. The van der Waals surface area contributed by atoms with Gasteiger partial charge in [-0.2, -0.15) is 0 Å². The topological polar surface area (TPSA) is 68.9 Å². The lowest BCUT2D eigenvalue weighted by atomic mass is 9.97. The zero-order chi connectivity index (χ0) is 16.2. The van der Waals surface area contributed by atoms with E-state index in [1.54, 1.807) is 6.07 Å². The number of nitrogens with one attached hydrogen (secondary N) is 1. The lowest BCUT2D eigenvalue weighted by molar-refractivity contribution is 0.0446. The third kappa shape index (κ3) is 4.21. The van der Waals surface area contributed by atoms with Crippen LogP contribution in [-0.4, -0.2) is 36.7 Å². The second-order valence-corrected chi connectivity index (χ2v) is 5.88. The highest BCUT2D eigenvalue weighted by molar-refractivity contribution is 6.01. The third-order valence-corrected chi connectivity index (χ3v) is 4.22. The molecule has 7 heteroatoms. The molecule has 0 fully saturated rings. The molecule has 0 amide bonds. The van der Waals surface area contributed by atoms with Gasteiger partial charge in [0.15, 0.2) is 6.10 Å². The highest BCUT2D eigenvalue weighted by atomic mass is 35.5. The highest BCUT2D eigenvalue weighted by Crippen LogP contribution is 2.23. The van der Waals surface area contributed by atoms with E-state index in [-0.39, 0.29) is 18.5 Å². The minimum absolute atomic E-state index is 0. The number of hydrogen-bond acceptors (Lipinski definition) is 6. The molecule has 25 heavy (non-hydrogen) atoms. The van der Waals surface area contributed by atoms with Gasteiger partial charge in [0, 0.05) is 19.0 Å². The summed E-state index contributed by atoms with van der Waals surface area (Å²) in [6.07, 6.45) is 5.44. The van der Waals surface area contributed by atoms with Crippen LogP contribution in [0.4, 0.5) is 0 Å². The Balaban J connectivity index is 0.00000182. The molecule has 1 atom stereocenters. The fourth-order valence-electron chi connectivity index (χ4n) is 2.90. The van der Waals surface area contributed by atoms with Crippen molar-refractivity contribution in [1.82, 2.24) is 10.5 Å². The van der Waals surface area contributed by atoms with Crippen LogP contribution < -0.4 is 10.1 Å². The zero-order valence-electron chi connectivity index (χ0n) is 13.7. The molecular formula is C18H20ClN3O3. The predicted octanol–water partition coefficient (Wildman–Crippen LogP) is 3.05. The summed E-state index contributed by atoms with van der Waals surface area (Å²) >= 11 is 0. The Hall–Kier alpha value is -2.31. The molecule has 0 aliphatic carbocycles. The zero-order valence-corrected chi connectivity index (χ0v) is 14.5. The number of nitrogens with zero attached hydrogens (tertiary/aromatic N) is 2. The van der Waals surface area contributed by atoms with E-state index in [1.165, 1.54) is 17.4 Å². The maximum Gasteiger partial charge on any atom is 0.254 e. The molecular weight excluding hydrogens is 342 g/mol. The molecule has 4 rings (SSSR count). The van der Waals surface area contributed by atoms with Crippen LogP contribution in [0.3, 0.4) is 0 Å². The average Bonchev–Trinajstić information content (AvgIpc) is 3.33. The van der Waals surface area contributed by atoms with E-state index in [0.717, 1.165) is 37.2 Å². The quantitative estimate of drug-likeness (QED) is 0.886. The summed E-state index contributed by atoms with van der Waals surface area (Å²) in [6.45, 7) is 2.39. The van der Waals surface area contributed by atoms with Crippen LogP contribution >= 0.6 is 12.4 Å². The lowest BCUT2D eigenvalue weighted by Gasteiger charge is -2.14. The smallest absolute Gasteiger partial charge is 0.254 e. The van der Waals surface area contributed by atoms with Crippen molar-refractivity contribution in [3.05, 3.63) is 53.8 Å². The van der Waals surface area contributed by atoms with Gasteiger partial charge in [-0.25, -0.2) is 0 Å². The predicted molar refractivity (Wildman–Crippen MR) is 97.2 cm³/mol. The summed E-state index contributed by atoms with van der Waals surface area (Å²) in [6, 6.07) is 10.2. The normalized spacial score (nSPS) is 19.4. The molecule has 1 aromatic heterocycles. The molecule has 1 unspecified atom stereocenters. The van der Waals surface area contributed by atoms with E-state index in [2.05, 4.69) is 46.0 Å². The number of aromatic nitrogens is 1. The van der Waals surface area contributed by atoms with Crippen molar-refractivity contribution in [2.24, 2.45) is 5.16 Å². The highest BCUT2D eigenvalue weighted by Gasteiger charge is 2.23. The molecule has 6 nitrogen and oxygen atoms in total. The van der Waals surface area contributed by atoms with Crippen molar-refractivity contribution in [3.63, 3.8) is 0 Å². The van der Waals surface area contributed by atoms with Gasteiger partial charge in [0.05, 0.1) is 5.71 Å². The molecule has 132 valence electrons. The van der Waals surface area contributed by atoms with Crippen LogP contribution in [0.1, 0.15) is 24.0 Å². The Kier molecular flexibility index (Phi) is 5.73. The second-order valence-electron chi connectivity index (χ2n) is 5.88. The minimum atomic E-state index is -0.0940. The van der Waals surface area contributed by atoms with Crippen LogP contribution in [0.5, 0.6) is 5.88 Å². The van der Waals surface area contributed by atoms with E-state index < -0.39 is 0 Å². The van der Waals surface area contributed by atoms with E-state index in [1.807, 2.05) is 0 Å². The van der Waals surface area contributed by atoms with Gasteiger partial charge >= 0.3 is 0 Å². The van der Waals surface area contributed by atoms with Gasteiger partial charge in [0.25, 0.3) is 5.88 Å². The van der Waals surface area contributed by atoms with Gasteiger partial charge in [-0.3, -0.25) is 0 Å². The van der Waals surface area contributed by atoms with Crippen molar-refractivity contribution in [2.75, 3.05) is 19.7 Å². The number of benzene rings is 1. The number of oxime groups is 1. The standard InChI is InChI=1S/C18H19N3O3.ClH/c1-3-15(4-2-13(1)14-5-8-19-9-6-14)17-11-16(24-20-17)12-22-18-7-10-23-21-18;/h1-5,7,10,16,19H,6,8-9,11-12H2;1H. The molecule has 1 N–H and O–H groups in total. The summed E-state index contributed by atoms with van der Waals surface area (Å²) < 4.78 is 10.2. The fraction of sp³-hybridized carbons (Fsp3) is 0.333. The number of hydrogen-bond donors (Lipinski definition) is 1. The van der Waals surface area contributed by atoms with Crippen LogP contribution in [0.25, 0.3) is 5.57 Å². The first-order chi connectivity index (χ1) is 11.9. The first kappa shape index (κ1) is 17.5. The van der Waals surface area contributed by atoms with Crippen molar-refractivity contribution in [2.45, 2.75) is 18.9 Å². The maximum absolute atomic E-state index is 5.50. The molecule has 0 bridgehead atoms. The van der Waals surface area contributed by atoms with Crippen LogP contribution in [0.2, 0.25) is 0 Å². The van der Waals surface area contributed by atoms with Crippen molar-refractivity contribution >= 4 is 23.7 Å². The third-order valence-electron chi connectivity index (χ3n) is 4.22. The number of ether oxygens (including phenoxy) is 1. The maximum atomic E-state index is 5.50. The molecule has 0 radical (unpaired) electrons. The van der Waals surface area contributed by atoms with E-state index >= 15 is 0 Å². The van der Waals surface area contributed by atoms with Gasteiger partial charge in [-0.15, -0.1) is 12.4 Å². The fourth-order valence-corrected chi connectivity index (χ4v) is 2.90.